The van der Waals surface area contributed by atoms with E-state index in [1.807, 2.05) is 0 Å². The zero-order valence-electron chi connectivity index (χ0n) is 12.4. The van der Waals surface area contributed by atoms with Gasteiger partial charge < -0.3 is 9.80 Å². The van der Waals surface area contributed by atoms with Crippen LogP contribution in [0.3, 0.4) is 0 Å². The summed E-state index contributed by atoms with van der Waals surface area (Å²) in [7, 11) is 4.36. The Balaban J connectivity index is 2.13. The minimum absolute atomic E-state index is 0.618. The van der Waals surface area contributed by atoms with E-state index in [0.717, 1.165) is 6.54 Å². The number of aryl methyl sites for hydroxylation is 1. The topological polar surface area (TPSA) is 6.48 Å². The van der Waals surface area contributed by atoms with Gasteiger partial charge in [0.2, 0.25) is 0 Å². The van der Waals surface area contributed by atoms with Crippen LogP contribution in [0.5, 0.6) is 0 Å². The lowest BCUT2D eigenvalue weighted by molar-refractivity contribution is 0.315. The third kappa shape index (κ3) is 2.69. The zero-order valence-corrected chi connectivity index (χ0v) is 12.4. The van der Waals surface area contributed by atoms with Crippen molar-refractivity contribution in [1.29, 1.82) is 0 Å². The third-order valence-corrected chi connectivity index (χ3v) is 4.13. The maximum Gasteiger partial charge on any atom is 0.0369 e. The molecule has 1 aromatic carbocycles. The number of hydrogen-bond acceptors (Lipinski definition) is 2. The maximum atomic E-state index is 2.52. The van der Waals surface area contributed by atoms with Gasteiger partial charge in [0.25, 0.3) is 0 Å². The van der Waals surface area contributed by atoms with Gasteiger partial charge in [0.05, 0.1) is 0 Å². The second-order valence-corrected chi connectivity index (χ2v) is 6.05. The number of nitrogens with zero attached hydrogens (tertiary/aromatic N) is 2. The summed E-state index contributed by atoms with van der Waals surface area (Å²) in [6.07, 6.45) is 1.28. The first kappa shape index (κ1) is 13.4. The summed E-state index contributed by atoms with van der Waals surface area (Å²) in [5.74, 6) is 0.618. The second-order valence-electron chi connectivity index (χ2n) is 6.05. The van der Waals surface area contributed by atoms with Crippen LogP contribution in [0.1, 0.15) is 37.3 Å². The number of benzene rings is 1. The lowest BCUT2D eigenvalue weighted by Gasteiger charge is -2.23. The summed E-state index contributed by atoms with van der Waals surface area (Å²) in [5, 5.41) is 0. The van der Waals surface area contributed by atoms with Gasteiger partial charge in [0.1, 0.15) is 0 Å². The number of likely N-dealkylation sites (N-methyl/N-ethyl adjacent to an activating group) is 1. The van der Waals surface area contributed by atoms with Gasteiger partial charge in [0, 0.05) is 24.8 Å². The normalized spacial score (nSPS) is 20.2. The Morgan fingerprint density at radius 1 is 1.28 bits per heavy atom. The third-order valence-electron chi connectivity index (χ3n) is 4.13. The molecule has 2 nitrogen and oxygen atoms in total. The van der Waals surface area contributed by atoms with Crippen LogP contribution >= 0.6 is 0 Å². The molecule has 1 aromatic rings. The van der Waals surface area contributed by atoms with Gasteiger partial charge in [-0.05, 0) is 56.6 Å². The first-order chi connectivity index (χ1) is 8.49. The molecule has 2 heteroatoms. The van der Waals surface area contributed by atoms with E-state index >= 15 is 0 Å². The second kappa shape index (κ2) is 5.31. The Hall–Kier alpha value is -1.02. The van der Waals surface area contributed by atoms with Gasteiger partial charge >= 0.3 is 0 Å². The molecule has 0 bridgehead atoms. The minimum atomic E-state index is 0.618. The molecule has 0 unspecified atom stereocenters. The highest BCUT2D eigenvalue weighted by Gasteiger charge is 2.24. The summed E-state index contributed by atoms with van der Waals surface area (Å²) in [6, 6.07) is 7.65. The van der Waals surface area contributed by atoms with Gasteiger partial charge in [-0.3, -0.25) is 0 Å². The molecule has 0 spiro atoms. The fourth-order valence-corrected chi connectivity index (χ4v) is 2.90. The molecule has 0 N–H and O–H groups in total. The number of hydrogen-bond donors (Lipinski definition) is 0. The molecule has 1 atom stereocenters. The quantitative estimate of drug-likeness (QED) is 0.807. The first-order valence-corrected chi connectivity index (χ1v) is 7.01. The lowest BCUT2D eigenvalue weighted by Crippen LogP contribution is -2.31. The molecule has 1 heterocycles. The lowest BCUT2D eigenvalue weighted by atomic mass is 9.97. The van der Waals surface area contributed by atoms with E-state index in [9.17, 15) is 0 Å². The molecule has 1 fully saturated rings. The molecule has 1 aliphatic rings. The van der Waals surface area contributed by atoms with E-state index < -0.39 is 0 Å². The van der Waals surface area contributed by atoms with Crippen LogP contribution in [0.25, 0.3) is 0 Å². The molecule has 2 rings (SSSR count). The summed E-state index contributed by atoms with van der Waals surface area (Å²) in [4.78, 5) is 4.86. The SMILES string of the molecule is Cc1cc(N2CC[C@H](N(C)C)C2)ccc1C(C)C. The molecule has 0 amide bonds. The average Bonchev–Trinajstić information content (AvgIpc) is 2.77. The monoisotopic (exact) mass is 246 g/mol. The largest absolute Gasteiger partial charge is 0.370 e. The fourth-order valence-electron chi connectivity index (χ4n) is 2.90. The highest BCUT2D eigenvalue weighted by Crippen LogP contribution is 2.27. The predicted molar refractivity (Wildman–Crippen MR) is 79.6 cm³/mol. The fraction of sp³-hybridized carbons (Fsp3) is 0.625. The van der Waals surface area contributed by atoms with Gasteiger partial charge in [-0.15, -0.1) is 0 Å². The van der Waals surface area contributed by atoms with E-state index in [1.54, 1.807) is 0 Å². The van der Waals surface area contributed by atoms with Crippen molar-refractivity contribution in [1.82, 2.24) is 4.90 Å². The summed E-state index contributed by atoms with van der Waals surface area (Å²) >= 11 is 0. The van der Waals surface area contributed by atoms with Crippen molar-refractivity contribution in [2.75, 3.05) is 32.1 Å². The molecule has 100 valence electrons. The van der Waals surface area contributed by atoms with Gasteiger partial charge in [-0.1, -0.05) is 19.9 Å². The Kier molecular flexibility index (Phi) is 3.96. The molecular weight excluding hydrogens is 220 g/mol. The van der Waals surface area contributed by atoms with Crippen molar-refractivity contribution in [2.24, 2.45) is 0 Å². The van der Waals surface area contributed by atoms with E-state index in [2.05, 4.69) is 62.9 Å². The maximum absolute atomic E-state index is 2.52. The zero-order chi connectivity index (χ0) is 13.3. The molecule has 1 aliphatic heterocycles. The highest BCUT2D eigenvalue weighted by molar-refractivity contribution is 5.52. The van der Waals surface area contributed by atoms with Crippen LogP contribution in [0.2, 0.25) is 0 Å². The van der Waals surface area contributed by atoms with Crippen molar-refractivity contribution in [3.05, 3.63) is 29.3 Å². The van der Waals surface area contributed by atoms with Crippen molar-refractivity contribution in [3.63, 3.8) is 0 Å². The van der Waals surface area contributed by atoms with E-state index in [-0.39, 0.29) is 0 Å². The van der Waals surface area contributed by atoms with Crippen molar-refractivity contribution in [3.8, 4) is 0 Å². The summed E-state index contributed by atoms with van der Waals surface area (Å²) in [5.41, 5.74) is 4.29. The predicted octanol–water partition coefficient (Wildman–Crippen LogP) is 3.26. The van der Waals surface area contributed by atoms with Crippen LogP contribution in [-0.4, -0.2) is 38.1 Å². The van der Waals surface area contributed by atoms with E-state index in [0.29, 0.717) is 12.0 Å². The Morgan fingerprint density at radius 3 is 2.50 bits per heavy atom. The molecule has 0 saturated carbocycles. The molecule has 0 radical (unpaired) electrons. The number of rotatable bonds is 3. The van der Waals surface area contributed by atoms with Crippen LogP contribution < -0.4 is 4.90 Å². The highest BCUT2D eigenvalue weighted by atomic mass is 15.2. The Bertz CT molecular complexity index is 410. The van der Waals surface area contributed by atoms with Crippen LogP contribution in [0.15, 0.2) is 18.2 Å². The van der Waals surface area contributed by atoms with Crippen molar-refractivity contribution >= 4 is 5.69 Å². The van der Waals surface area contributed by atoms with Gasteiger partial charge in [-0.2, -0.15) is 0 Å². The molecule has 0 aromatic heterocycles. The standard InChI is InChI=1S/C16H26N2/c1-12(2)16-7-6-14(10-13(16)3)18-9-8-15(11-18)17(4)5/h6-7,10,12,15H,8-9,11H2,1-5H3/t15-/m0/s1. The number of anilines is 1. The average molecular weight is 246 g/mol. The smallest absolute Gasteiger partial charge is 0.0369 e. The first-order valence-electron chi connectivity index (χ1n) is 7.01. The van der Waals surface area contributed by atoms with E-state index in [4.69, 9.17) is 0 Å². The molecule has 0 aliphatic carbocycles. The minimum Gasteiger partial charge on any atom is -0.370 e. The molecule has 1 saturated heterocycles. The Morgan fingerprint density at radius 2 is 2.00 bits per heavy atom. The van der Waals surface area contributed by atoms with Gasteiger partial charge in [-0.25, -0.2) is 0 Å². The summed E-state index contributed by atoms with van der Waals surface area (Å²) < 4.78 is 0. The van der Waals surface area contributed by atoms with Gasteiger partial charge in [0.15, 0.2) is 0 Å². The van der Waals surface area contributed by atoms with Crippen molar-refractivity contribution < 1.29 is 0 Å². The van der Waals surface area contributed by atoms with E-state index in [1.165, 1.54) is 29.8 Å². The molecular formula is C16H26N2. The van der Waals surface area contributed by atoms with Crippen molar-refractivity contribution in [2.45, 2.75) is 39.2 Å². The van der Waals surface area contributed by atoms with Crippen LogP contribution in [0.4, 0.5) is 5.69 Å². The summed E-state index contributed by atoms with van der Waals surface area (Å²) in [6.45, 7) is 9.11. The molecule has 18 heavy (non-hydrogen) atoms. The van der Waals surface area contributed by atoms with Crippen LogP contribution in [-0.2, 0) is 0 Å². The Labute approximate surface area is 112 Å². The van der Waals surface area contributed by atoms with Crippen LogP contribution in [0, 0.1) is 6.92 Å².